The molecule has 0 heterocycles. The maximum Gasteiger partial charge on any atom is 0.243 e. The number of carbonyl (C=O) groups is 1. The molecule has 0 radical (unpaired) electrons. The summed E-state index contributed by atoms with van der Waals surface area (Å²) in [7, 11) is 1.54. The first-order valence-corrected chi connectivity index (χ1v) is 4.94. The highest BCUT2D eigenvalue weighted by molar-refractivity contribution is 5.74. The standard InChI is InChI=1S/C10H12O2.C2H5NO2/c1-3-4-8-5-6-9(11)10(7-8)12-2;3-2(5)1-4/h3-7,11H,1-2H3;4H,1H2,(H2,3,5). The van der Waals surface area contributed by atoms with Crippen molar-refractivity contribution >= 4 is 12.0 Å². The van der Waals surface area contributed by atoms with Gasteiger partial charge in [0.15, 0.2) is 11.5 Å². The maximum atomic E-state index is 9.34. The summed E-state index contributed by atoms with van der Waals surface area (Å²) in [5.41, 5.74) is 5.42. The van der Waals surface area contributed by atoms with Gasteiger partial charge in [-0.2, -0.15) is 0 Å². The predicted molar refractivity (Wildman–Crippen MR) is 65.6 cm³/mol. The Bertz CT molecular complexity index is 388. The normalized spacial score (nSPS) is 9.59. The van der Waals surface area contributed by atoms with Crippen molar-refractivity contribution in [1.29, 1.82) is 0 Å². The van der Waals surface area contributed by atoms with Gasteiger partial charge in [-0.25, -0.2) is 0 Å². The number of hydrogen-bond acceptors (Lipinski definition) is 4. The molecular weight excluding hydrogens is 222 g/mol. The van der Waals surface area contributed by atoms with Crippen LogP contribution in [0, 0.1) is 0 Å². The Hall–Kier alpha value is -2.01. The molecule has 17 heavy (non-hydrogen) atoms. The highest BCUT2D eigenvalue weighted by atomic mass is 16.5. The Kier molecular flexibility index (Phi) is 7.21. The average molecular weight is 239 g/mol. The summed E-state index contributed by atoms with van der Waals surface area (Å²) in [6, 6.07) is 5.24. The second-order valence-corrected chi connectivity index (χ2v) is 3.06. The number of aliphatic hydroxyl groups is 1. The Morgan fingerprint density at radius 1 is 1.53 bits per heavy atom. The van der Waals surface area contributed by atoms with Crippen LogP contribution in [0.2, 0.25) is 0 Å². The van der Waals surface area contributed by atoms with E-state index in [0.717, 1.165) is 5.56 Å². The van der Waals surface area contributed by atoms with E-state index in [1.165, 1.54) is 7.11 Å². The Balaban J connectivity index is 0.000000437. The van der Waals surface area contributed by atoms with Gasteiger partial charge in [-0.3, -0.25) is 4.79 Å². The molecule has 0 spiro atoms. The van der Waals surface area contributed by atoms with E-state index in [0.29, 0.717) is 5.75 Å². The van der Waals surface area contributed by atoms with E-state index in [1.54, 1.807) is 12.1 Å². The molecule has 1 amide bonds. The lowest BCUT2D eigenvalue weighted by molar-refractivity contribution is -0.120. The van der Waals surface area contributed by atoms with E-state index in [2.05, 4.69) is 5.73 Å². The topological polar surface area (TPSA) is 92.8 Å². The van der Waals surface area contributed by atoms with Crippen molar-refractivity contribution in [3.63, 3.8) is 0 Å². The molecule has 0 saturated carbocycles. The molecule has 1 rings (SSSR count). The van der Waals surface area contributed by atoms with Crippen molar-refractivity contribution < 1.29 is 19.7 Å². The minimum absolute atomic E-state index is 0.172. The number of phenolic OH excluding ortho intramolecular Hbond substituents is 1. The lowest BCUT2D eigenvalue weighted by Gasteiger charge is -2.03. The lowest BCUT2D eigenvalue weighted by atomic mass is 10.2. The van der Waals surface area contributed by atoms with Gasteiger partial charge >= 0.3 is 0 Å². The number of aromatic hydroxyl groups is 1. The number of carbonyl (C=O) groups excluding carboxylic acids is 1. The Morgan fingerprint density at radius 2 is 2.12 bits per heavy atom. The van der Waals surface area contributed by atoms with Crippen molar-refractivity contribution in [3.8, 4) is 11.5 Å². The van der Waals surface area contributed by atoms with Crippen LogP contribution in [0.5, 0.6) is 11.5 Å². The van der Waals surface area contributed by atoms with Gasteiger partial charge in [0.2, 0.25) is 5.91 Å². The van der Waals surface area contributed by atoms with Crippen LogP contribution in [-0.4, -0.2) is 29.8 Å². The smallest absolute Gasteiger partial charge is 0.243 e. The monoisotopic (exact) mass is 239 g/mol. The summed E-state index contributed by atoms with van der Waals surface area (Å²) in [4.78, 5) is 9.34. The number of primary amides is 1. The number of methoxy groups -OCH3 is 1. The summed E-state index contributed by atoms with van der Waals surface area (Å²) in [5, 5.41) is 16.9. The molecule has 0 aliphatic heterocycles. The molecular formula is C12H17NO4. The van der Waals surface area contributed by atoms with Gasteiger partial charge in [0.05, 0.1) is 7.11 Å². The molecule has 0 aliphatic rings. The van der Waals surface area contributed by atoms with Crippen molar-refractivity contribution in [2.75, 3.05) is 13.7 Å². The van der Waals surface area contributed by atoms with Crippen LogP contribution in [0.3, 0.4) is 0 Å². The number of nitrogens with two attached hydrogens (primary N) is 1. The summed E-state index contributed by atoms with van der Waals surface area (Å²) >= 11 is 0. The Labute approximate surface area is 100 Å². The zero-order chi connectivity index (χ0) is 13.3. The van der Waals surface area contributed by atoms with Gasteiger partial charge < -0.3 is 20.7 Å². The van der Waals surface area contributed by atoms with Crippen LogP contribution in [0.15, 0.2) is 24.3 Å². The molecule has 0 unspecified atom stereocenters. The van der Waals surface area contributed by atoms with E-state index >= 15 is 0 Å². The second kappa shape index (κ2) is 8.18. The second-order valence-electron chi connectivity index (χ2n) is 3.06. The van der Waals surface area contributed by atoms with Gasteiger partial charge in [0, 0.05) is 0 Å². The van der Waals surface area contributed by atoms with Gasteiger partial charge in [-0.05, 0) is 24.6 Å². The van der Waals surface area contributed by atoms with Crippen molar-refractivity contribution in [3.05, 3.63) is 29.8 Å². The highest BCUT2D eigenvalue weighted by Gasteiger charge is 1.99. The van der Waals surface area contributed by atoms with Crippen LogP contribution >= 0.6 is 0 Å². The highest BCUT2D eigenvalue weighted by Crippen LogP contribution is 2.26. The van der Waals surface area contributed by atoms with Gasteiger partial charge in [0.1, 0.15) is 6.61 Å². The number of hydrogen-bond donors (Lipinski definition) is 3. The van der Waals surface area contributed by atoms with E-state index in [4.69, 9.17) is 9.84 Å². The largest absolute Gasteiger partial charge is 0.504 e. The van der Waals surface area contributed by atoms with Crippen molar-refractivity contribution in [2.45, 2.75) is 6.92 Å². The molecule has 0 saturated heterocycles. The first-order chi connectivity index (χ1) is 8.04. The third-order valence-corrected chi connectivity index (χ3v) is 1.72. The number of phenols is 1. The van der Waals surface area contributed by atoms with Crippen LogP contribution in [0.4, 0.5) is 0 Å². The third kappa shape index (κ3) is 6.21. The van der Waals surface area contributed by atoms with E-state index in [9.17, 15) is 9.90 Å². The summed E-state index contributed by atoms with van der Waals surface area (Å²) < 4.78 is 4.95. The number of aliphatic hydroxyl groups excluding tert-OH is 1. The molecule has 0 aliphatic carbocycles. The van der Waals surface area contributed by atoms with Gasteiger partial charge in [-0.15, -0.1) is 0 Å². The summed E-state index contributed by atoms with van der Waals surface area (Å²) in [6.07, 6.45) is 3.88. The molecule has 0 fully saturated rings. The first-order valence-electron chi connectivity index (χ1n) is 4.94. The maximum absolute atomic E-state index is 9.34. The molecule has 0 atom stereocenters. The summed E-state index contributed by atoms with van der Waals surface area (Å²) in [5.74, 6) is -0.0126. The van der Waals surface area contributed by atoms with E-state index in [1.807, 2.05) is 25.1 Å². The fraction of sp³-hybridized carbons (Fsp3) is 0.250. The van der Waals surface area contributed by atoms with Gasteiger partial charge in [-0.1, -0.05) is 18.2 Å². The fourth-order valence-corrected chi connectivity index (χ4v) is 0.990. The minimum Gasteiger partial charge on any atom is -0.504 e. The van der Waals surface area contributed by atoms with Crippen LogP contribution in [0.25, 0.3) is 6.08 Å². The molecule has 0 aromatic heterocycles. The Morgan fingerprint density at radius 3 is 2.53 bits per heavy atom. The SMILES string of the molecule is CC=Cc1ccc(O)c(OC)c1.NC(=O)CO. The molecule has 1 aromatic carbocycles. The van der Waals surface area contributed by atoms with E-state index < -0.39 is 12.5 Å². The third-order valence-electron chi connectivity index (χ3n) is 1.72. The number of benzene rings is 1. The van der Waals surface area contributed by atoms with Crippen molar-refractivity contribution in [1.82, 2.24) is 0 Å². The van der Waals surface area contributed by atoms with Gasteiger partial charge in [0.25, 0.3) is 0 Å². The molecule has 5 heteroatoms. The number of rotatable bonds is 3. The lowest BCUT2D eigenvalue weighted by Crippen LogP contribution is -2.14. The zero-order valence-corrected chi connectivity index (χ0v) is 9.88. The number of amides is 1. The van der Waals surface area contributed by atoms with Crippen LogP contribution in [-0.2, 0) is 4.79 Å². The molecule has 4 N–H and O–H groups in total. The predicted octanol–water partition coefficient (Wildman–Crippen LogP) is 0.898. The minimum atomic E-state index is -0.690. The zero-order valence-electron chi connectivity index (χ0n) is 9.88. The average Bonchev–Trinajstić information content (AvgIpc) is 2.32. The van der Waals surface area contributed by atoms with Crippen LogP contribution in [0.1, 0.15) is 12.5 Å². The molecule has 5 nitrogen and oxygen atoms in total. The van der Waals surface area contributed by atoms with E-state index in [-0.39, 0.29) is 5.75 Å². The number of allylic oxidation sites excluding steroid dienone is 1. The molecule has 1 aromatic rings. The van der Waals surface area contributed by atoms with Crippen LogP contribution < -0.4 is 10.5 Å². The molecule has 0 bridgehead atoms. The molecule has 94 valence electrons. The summed E-state index contributed by atoms with van der Waals surface area (Å²) in [6.45, 7) is 1.39. The van der Waals surface area contributed by atoms with Crippen molar-refractivity contribution in [2.24, 2.45) is 5.73 Å². The first kappa shape index (κ1) is 15.0. The quantitative estimate of drug-likeness (QED) is 0.730. The fourth-order valence-electron chi connectivity index (χ4n) is 0.990. The number of ether oxygens (including phenoxy) is 1.